The number of carbonyl (C=O) groups excluding carboxylic acids is 2. The number of hydrogen-bond donors (Lipinski definition) is 0. The van der Waals surface area contributed by atoms with Crippen LogP contribution < -0.4 is 19.1 Å². The van der Waals surface area contributed by atoms with Crippen LogP contribution in [0, 0.1) is 11.8 Å². The molecular formula is C20H27NO6. The molecule has 1 saturated heterocycles. The predicted molar refractivity (Wildman–Crippen MR) is 99.5 cm³/mol. The lowest BCUT2D eigenvalue weighted by Gasteiger charge is -2.20. The highest BCUT2D eigenvalue weighted by molar-refractivity contribution is 6.00. The van der Waals surface area contributed by atoms with Gasteiger partial charge >= 0.3 is 5.97 Å². The van der Waals surface area contributed by atoms with E-state index in [-0.39, 0.29) is 24.4 Å². The van der Waals surface area contributed by atoms with E-state index < -0.39 is 5.92 Å². The van der Waals surface area contributed by atoms with E-state index in [9.17, 15) is 9.59 Å². The monoisotopic (exact) mass is 377 g/mol. The molecule has 1 aliphatic carbocycles. The van der Waals surface area contributed by atoms with Crippen LogP contribution in [-0.4, -0.2) is 45.9 Å². The number of benzene rings is 1. The molecule has 1 aromatic carbocycles. The lowest BCUT2D eigenvalue weighted by Crippen LogP contribution is -2.28. The quantitative estimate of drug-likeness (QED) is 0.710. The highest BCUT2D eigenvalue weighted by Crippen LogP contribution is 2.42. The summed E-state index contributed by atoms with van der Waals surface area (Å²) >= 11 is 0. The summed E-state index contributed by atoms with van der Waals surface area (Å²) in [6, 6.07) is 3.43. The largest absolute Gasteiger partial charge is 0.493 e. The Labute approximate surface area is 159 Å². The maximum Gasteiger partial charge on any atom is 0.311 e. The van der Waals surface area contributed by atoms with Crippen molar-refractivity contribution in [2.45, 2.75) is 38.7 Å². The summed E-state index contributed by atoms with van der Waals surface area (Å²) in [5.41, 5.74) is 0.610. The van der Waals surface area contributed by atoms with E-state index in [1.54, 1.807) is 17.0 Å². The van der Waals surface area contributed by atoms with E-state index in [4.69, 9.17) is 18.9 Å². The highest BCUT2D eigenvalue weighted by atomic mass is 16.5. The van der Waals surface area contributed by atoms with Crippen molar-refractivity contribution >= 4 is 17.6 Å². The smallest absolute Gasteiger partial charge is 0.311 e. The first-order valence-electron chi connectivity index (χ1n) is 9.27. The van der Waals surface area contributed by atoms with Gasteiger partial charge < -0.3 is 23.8 Å². The van der Waals surface area contributed by atoms with Crippen LogP contribution in [0.5, 0.6) is 17.2 Å². The molecule has 1 aromatic rings. The van der Waals surface area contributed by atoms with Gasteiger partial charge in [0.05, 0.1) is 32.9 Å². The normalized spacial score (nSPS) is 24.8. The fourth-order valence-corrected chi connectivity index (χ4v) is 3.86. The topological polar surface area (TPSA) is 74.3 Å². The number of nitrogens with zero attached hydrogens (tertiary/aromatic N) is 1. The van der Waals surface area contributed by atoms with E-state index >= 15 is 0 Å². The van der Waals surface area contributed by atoms with Crippen LogP contribution in [0.15, 0.2) is 12.1 Å². The number of methoxy groups -OCH3 is 3. The Morgan fingerprint density at radius 3 is 2.26 bits per heavy atom. The molecular weight excluding hydrogens is 350 g/mol. The van der Waals surface area contributed by atoms with Crippen LogP contribution in [-0.2, 0) is 14.3 Å². The predicted octanol–water partition coefficient (Wildman–Crippen LogP) is 2.80. The number of anilines is 1. The summed E-state index contributed by atoms with van der Waals surface area (Å²) in [6.45, 7) is 2.46. The van der Waals surface area contributed by atoms with Gasteiger partial charge in [-0.05, 0) is 25.2 Å². The van der Waals surface area contributed by atoms with E-state index in [1.807, 2.05) is 0 Å². The summed E-state index contributed by atoms with van der Waals surface area (Å²) in [5.74, 6) is 1.12. The number of amides is 1. The Hall–Kier alpha value is -2.44. The van der Waals surface area contributed by atoms with Crippen molar-refractivity contribution in [3.05, 3.63) is 12.1 Å². The molecule has 1 aliphatic heterocycles. The third-order valence-electron chi connectivity index (χ3n) is 5.35. The standard InChI is InChI=1S/C20H27NO6/c1-12-5-6-15(7-12)27-20(23)13-8-18(22)21(11-13)14-9-16(24-2)19(26-4)17(10-14)25-3/h9-10,12-13,15H,5-8,11H2,1-4H3/t12-,13+,15-/m0/s1. The van der Waals surface area contributed by atoms with Crippen LogP contribution in [0.3, 0.4) is 0 Å². The molecule has 0 bridgehead atoms. The van der Waals surface area contributed by atoms with Crippen LogP contribution >= 0.6 is 0 Å². The molecule has 7 nitrogen and oxygen atoms in total. The Morgan fingerprint density at radius 2 is 1.74 bits per heavy atom. The number of esters is 1. The van der Waals surface area contributed by atoms with Gasteiger partial charge in [0, 0.05) is 25.1 Å². The molecule has 0 radical (unpaired) electrons. The molecule has 148 valence electrons. The average Bonchev–Trinajstić information content (AvgIpc) is 3.25. The summed E-state index contributed by atoms with van der Waals surface area (Å²) in [7, 11) is 4.57. The first-order chi connectivity index (χ1) is 13.0. The summed E-state index contributed by atoms with van der Waals surface area (Å²) in [6.07, 6.45) is 3.03. The molecule has 3 atom stereocenters. The number of carbonyl (C=O) groups is 2. The third-order valence-corrected chi connectivity index (χ3v) is 5.35. The molecule has 0 unspecified atom stereocenters. The summed E-state index contributed by atoms with van der Waals surface area (Å²) < 4.78 is 21.7. The Kier molecular flexibility index (Phi) is 5.77. The zero-order chi connectivity index (χ0) is 19.6. The fourth-order valence-electron chi connectivity index (χ4n) is 3.86. The molecule has 7 heteroatoms. The molecule has 2 fully saturated rings. The first kappa shape index (κ1) is 19.3. The van der Waals surface area contributed by atoms with E-state index in [0.29, 0.717) is 35.4 Å². The van der Waals surface area contributed by atoms with Crippen LogP contribution in [0.25, 0.3) is 0 Å². The minimum absolute atomic E-state index is 0.0159. The van der Waals surface area contributed by atoms with Gasteiger partial charge in [0.25, 0.3) is 0 Å². The van der Waals surface area contributed by atoms with Gasteiger partial charge in [-0.15, -0.1) is 0 Å². The SMILES string of the molecule is COc1cc(N2C[C@H](C(=O)O[C@H]3CC[C@H](C)C3)CC2=O)cc(OC)c1OC. The van der Waals surface area contributed by atoms with Crippen LogP contribution in [0.2, 0.25) is 0 Å². The van der Waals surface area contributed by atoms with Crippen molar-refractivity contribution < 1.29 is 28.5 Å². The molecule has 1 amide bonds. The van der Waals surface area contributed by atoms with Crippen molar-refractivity contribution in [1.82, 2.24) is 0 Å². The van der Waals surface area contributed by atoms with Gasteiger partial charge in [0.15, 0.2) is 11.5 Å². The molecule has 1 heterocycles. The van der Waals surface area contributed by atoms with Gasteiger partial charge in [-0.3, -0.25) is 9.59 Å². The maximum absolute atomic E-state index is 12.5. The van der Waals surface area contributed by atoms with Crippen molar-refractivity contribution in [3.63, 3.8) is 0 Å². The molecule has 3 rings (SSSR count). The van der Waals surface area contributed by atoms with Gasteiger partial charge in [-0.25, -0.2) is 0 Å². The van der Waals surface area contributed by atoms with E-state index in [2.05, 4.69) is 6.92 Å². The lowest BCUT2D eigenvalue weighted by molar-refractivity contribution is -0.153. The Bertz CT molecular complexity index is 693. The minimum Gasteiger partial charge on any atom is -0.493 e. The zero-order valence-corrected chi connectivity index (χ0v) is 16.3. The molecule has 1 saturated carbocycles. The van der Waals surface area contributed by atoms with Crippen molar-refractivity contribution in [2.75, 3.05) is 32.8 Å². The van der Waals surface area contributed by atoms with Gasteiger partial charge in [-0.1, -0.05) is 6.92 Å². The van der Waals surface area contributed by atoms with E-state index in [0.717, 1.165) is 19.3 Å². The first-order valence-corrected chi connectivity index (χ1v) is 9.27. The number of rotatable bonds is 6. The molecule has 2 aliphatic rings. The van der Waals surface area contributed by atoms with Crippen molar-refractivity contribution in [1.29, 1.82) is 0 Å². The third kappa shape index (κ3) is 3.96. The van der Waals surface area contributed by atoms with Gasteiger partial charge in [0.2, 0.25) is 11.7 Å². The second kappa shape index (κ2) is 8.06. The lowest BCUT2D eigenvalue weighted by atomic mass is 10.1. The highest BCUT2D eigenvalue weighted by Gasteiger charge is 2.38. The molecule has 0 spiro atoms. The Morgan fingerprint density at radius 1 is 1.07 bits per heavy atom. The molecule has 0 N–H and O–H groups in total. The second-order valence-electron chi connectivity index (χ2n) is 7.27. The van der Waals surface area contributed by atoms with E-state index in [1.165, 1.54) is 21.3 Å². The number of ether oxygens (including phenoxy) is 4. The van der Waals surface area contributed by atoms with Crippen LogP contribution in [0.4, 0.5) is 5.69 Å². The second-order valence-corrected chi connectivity index (χ2v) is 7.27. The average molecular weight is 377 g/mol. The minimum atomic E-state index is -0.451. The molecule has 27 heavy (non-hydrogen) atoms. The number of hydrogen-bond acceptors (Lipinski definition) is 6. The summed E-state index contributed by atoms with van der Waals surface area (Å²) in [5, 5.41) is 0. The van der Waals surface area contributed by atoms with Crippen molar-refractivity contribution in [3.8, 4) is 17.2 Å². The summed E-state index contributed by atoms with van der Waals surface area (Å²) in [4.78, 5) is 26.6. The Balaban J connectivity index is 1.74. The zero-order valence-electron chi connectivity index (χ0n) is 16.3. The van der Waals surface area contributed by atoms with Gasteiger partial charge in [0.1, 0.15) is 6.10 Å². The van der Waals surface area contributed by atoms with Gasteiger partial charge in [-0.2, -0.15) is 0 Å². The van der Waals surface area contributed by atoms with Crippen molar-refractivity contribution in [2.24, 2.45) is 11.8 Å². The fraction of sp³-hybridized carbons (Fsp3) is 0.600. The van der Waals surface area contributed by atoms with Crippen LogP contribution in [0.1, 0.15) is 32.6 Å². The maximum atomic E-state index is 12.5. The molecule has 0 aromatic heterocycles.